The van der Waals surface area contributed by atoms with Crippen LogP contribution in [0.25, 0.3) is 0 Å². The number of hydrogen-bond donors (Lipinski definition) is 0. The van der Waals surface area contributed by atoms with Gasteiger partial charge in [0.2, 0.25) is 0 Å². The van der Waals surface area contributed by atoms with E-state index in [2.05, 4.69) is 4.99 Å². The number of nitrogens with zero attached hydrogens (tertiary/aromatic N) is 1. The molecule has 0 N–H and O–H groups in total. The van der Waals surface area contributed by atoms with Crippen LogP contribution in [-0.2, 0) is 15.9 Å². The van der Waals surface area contributed by atoms with Crippen molar-refractivity contribution in [3.8, 4) is 0 Å². The number of carbonyl (C=O) groups is 1. The van der Waals surface area contributed by atoms with Gasteiger partial charge in [-0.2, -0.15) is 0 Å². The first kappa shape index (κ1) is 12.2. The van der Waals surface area contributed by atoms with Crippen LogP contribution >= 0.6 is 0 Å². The summed E-state index contributed by atoms with van der Waals surface area (Å²) in [5, 5.41) is 0. The lowest BCUT2D eigenvalue weighted by Gasteiger charge is -2.04. The molecule has 0 aliphatic heterocycles. The fourth-order valence-corrected chi connectivity index (χ4v) is 1.19. The molecule has 0 aliphatic rings. The van der Waals surface area contributed by atoms with Gasteiger partial charge in [-0.3, -0.25) is 0 Å². The fraction of sp³-hybridized carbons (Fsp3) is 0.333. The first-order valence-electron chi connectivity index (χ1n) is 5.08. The van der Waals surface area contributed by atoms with E-state index >= 15 is 0 Å². The number of ether oxygens (including phenoxy) is 2. The van der Waals surface area contributed by atoms with E-state index in [1.165, 1.54) is 7.11 Å². The van der Waals surface area contributed by atoms with E-state index in [1.807, 2.05) is 30.3 Å². The standard InChI is InChI=1S/C12H15NO3/c1-3-16-12(14)13-11(15-2)9-10-7-5-4-6-8-10/h4-8H,3,9H2,1-2H3. The molecule has 16 heavy (non-hydrogen) atoms. The molecule has 0 aromatic heterocycles. The van der Waals surface area contributed by atoms with Crippen LogP contribution in [0, 0.1) is 0 Å². The summed E-state index contributed by atoms with van der Waals surface area (Å²) >= 11 is 0. The molecule has 0 fully saturated rings. The summed E-state index contributed by atoms with van der Waals surface area (Å²) in [7, 11) is 1.49. The van der Waals surface area contributed by atoms with Crippen LogP contribution < -0.4 is 0 Å². The van der Waals surface area contributed by atoms with Crippen molar-refractivity contribution in [2.75, 3.05) is 13.7 Å². The van der Waals surface area contributed by atoms with Crippen LogP contribution in [0.4, 0.5) is 4.79 Å². The molecule has 1 rings (SSSR count). The quantitative estimate of drug-likeness (QED) is 0.581. The van der Waals surface area contributed by atoms with Crippen LogP contribution in [0.15, 0.2) is 35.3 Å². The van der Waals surface area contributed by atoms with Gasteiger partial charge >= 0.3 is 6.09 Å². The number of amides is 1. The van der Waals surface area contributed by atoms with Gasteiger partial charge < -0.3 is 9.47 Å². The number of hydrogen-bond acceptors (Lipinski definition) is 3. The normalized spacial score (nSPS) is 11.0. The maximum Gasteiger partial charge on any atom is 0.436 e. The molecule has 4 nitrogen and oxygen atoms in total. The van der Waals surface area contributed by atoms with Gasteiger partial charge in [0.15, 0.2) is 5.90 Å². The van der Waals surface area contributed by atoms with Gasteiger partial charge in [0.05, 0.1) is 13.7 Å². The minimum absolute atomic E-state index is 0.310. The zero-order valence-electron chi connectivity index (χ0n) is 9.47. The van der Waals surface area contributed by atoms with E-state index in [0.29, 0.717) is 18.9 Å². The Bertz CT molecular complexity index is 360. The zero-order valence-corrected chi connectivity index (χ0v) is 9.47. The van der Waals surface area contributed by atoms with E-state index in [4.69, 9.17) is 9.47 Å². The van der Waals surface area contributed by atoms with Crippen LogP contribution in [0.5, 0.6) is 0 Å². The summed E-state index contributed by atoms with van der Waals surface area (Å²) in [6, 6.07) is 9.66. The third-order valence-electron chi connectivity index (χ3n) is 1.92. The van der Waals surface area contributed by atoms with Gasteiger partial charge in [-0.15, -0.1) is 4.99 Å². The fourth-order valence-electron chi connectivity index (χ4n) is 1.19. The van der Waals surface area contributed by atoms with Crippen LogP contribution in [-0.4, -0.2) is 25.7 Å². The minimum atomic E-state index is -0.615. The highest BCUT2D eigenvalue weighted by Gasteiger charge is 2.05. The minimum Gasteiger partial charge on any atom is -0.484 e. The average molecular weight is 221 g/mol. The summed E-state index contributed by atoms with van der Waals surface area (Å²) < 4.78 is 9.73. The van der Waals surface area contributed by atoms with Gasteiger partial charge in [0.25, 0.3) is 0 Å². The monoisotopic (exact) mass is 221 g/mol. The van der Waals surface area contributed by atoms with E-state index in [9.17, 15) is 4.79 Å². The summed E-state index contributed by atoms with van der Waals surface area (Å²) in [5.74, 6) is 0.352. The molecule has 1 aromatic rings. The predicted octanol–water partition coefficient (Wildman–Crippen LogP) is 2.43. The second kappa shape index (κ2) is 6.61. The first-order chi connectivity index (χ1) is 7.76. The van der Waals surface area contributed by atoms with Crippen molar-refractivity contribution in [3.63, 3.8) is 0 Å². The molecular weight excluding hydrogens is 206 g/mol. The third-order valence-corrected chi connectivity index (χ3v) is 1.92. The zero-order chi connectivity index (χ0) is 11.8. The number of benzene rings is 1. The Labute approximate surface area is 94.9 Å². The van der Waals surface area contributed by atoms with Crippen molar-refractivity contribution < 1.29 is 14.3 Å². The van der Waals surface area contributed by atoms with Crippen LogP contribution in [0.3, 0.4) is 0 Å². The van der Waals surface area contributed by atoms with Gasteiger partial charge in [-0.05, 0) is 12.5 Å². The molecule has 0 atom stereocenters. The third kappa shape index (κ3) is 4.13. The van der Waals surface area contributed by atoms with Crippen LogP contribution in [0.1, 0.15) is 12.5 Å². The van der Waals surface area contributed by atoms with Crippen molar-refractivity contribution >= 4 is 12.0 Å². The van der Waals surface area contributed by atoms with Gasteiger partial charge in [-0.1, -0.05) is 30.3 Å². The number of carbonyl (C=O) groups excluding carboxylic acids is 1. The SMILES string of the molecule is CCOC(=O)N=C(Cc1ccccc1)OC. The molecule has 0 heterocycles. The van der Waals surface area contributed by atoms with Gasteiger partial charge in [0.1, 0.15) is 0 Å². The molecule has 0 spiro atoms. The summed E-state index contributed by atoms with van der Waals surface area (Å²) in [6.45, 7) is 2.04. The van der Waals surface area contributed by atoms with Gasteiger partial charge in [-0.25, -0.2) is 4.79 Å². The van der Waals surface area contributed by atoms with Crippen LogP contribution in [0.2, 0.25) is 0 Å². The second-order valence-corrected chi connectivity index (χ2v) is 3.07. The summed E-state index contributed by atoms with van der Waals surface area (Å²) in [6.07, 6.45) is -0.133. The molecule has 0 saturated carbocycles. The highest BCUT2D eigenvalue weighted by Crippen LogP contribution is 2.02. The average Bonchev–Trinajstić information content (AvgIpc) is 2.30. The number of methoxy groups -OCH3 is 1. The molecule has 0 radical (unpaired) electrons. The Morgan fingerprint density at radius 3 is 2.56 bits per heavy atom. The highest BCUT2D eigenvalue weighted by atomic mass is 16.6. The molecule has 4 heteroatoms. The molecule has 1 aromatic carbocycles. The van der Waals surface area contributed by atoms with E-state index in [-0.39, 0.29) is 0 Å². The lowest BCUT2D eigenvalue weighted by Crippen LogP contribution is -2.10. The first-order valence-corrected chi connectivity index (χ1v) is 5.08. The van der Waals surface area contributed by atoms with Crippen molar-refractivity contribution in [1.82, 2.24) is 0 Å². The smallest absolute Gasteiger partial charge is 0.436 e. The predicted molar refractivity (Wildman–Crippen MR) is 61.6 cm³/mol. The van der Waals surface area contributed by atoms with Crippen molar-refractivity contribution in [1.29, 1.82) is 0 Å². The molecule has 0 aliphatic carbocycles. The molecule has 0 unspecified atom stereocenters. The molecule has 0 bridgehead atoms. The molecular formula is C12H15NO3. The lowest BCUT2D eigenvalue weighted by molar-refractivity contribution is 0.162. The van der Waals surface area contributed by atoms with Crippen molar-refractivity contribution in [2.24, 2.45) is 4.99 Å². The van der Waals surface area contributed by atoms with Crippen molar-refractivity contribution in [2.45, 2.75) is 13.3 Å². The van der Waals surface area contributed by atoms with E-state index in [1.54, 1.807) is 6.92 Å². The topological polar surface area (TPSA) is 47.9 Å². The molecule has 86 valence electrons. The second-order valence-electron chi connectivity index (χ2n) is 3.07. The van der Waals surface area contributed by atoms with Crippen molar-refractivity contribution in [3.05, 3.63) is 35.9 Å². The Morgan fingerprint density at radius 2 is 2.00 bits per heavy atom. The maximum atomic E-state index is 11.1. The highest BCUT2D eigenvalue weighted by molar-refractivity contribution is 5.89. The van der Waals surface area contributed by atoms with E-state index < -0.39 is 6.09 Å². The lowest BCUT2D eigenvalue weighted by atomic mass is 10.1. The number of aliphatic imine (C=N–C) groups is 1. The summed E-state index contributed by atoms with van der Waals surface area (Å²) in [4.78, 5) is 14.8. The number of rotatable bonds is 3. The summed E-state index contributed by atoms with van der Waals surface area (Å²) in [5.41, 5.74) is 1.03. The molecule has 0 saturated heterocycles. The Balaban J connectivity index is 2.65. The van der Waals surface area contributed by atoms with E-state index in [0.717, 1.165) is 5.56 Å². The molecule has 1 amide bonds. The Morgan fingerprint density at radius 1 is 1.31 bits per heavy atom. The van der Waals surface area contributed by atoms with Gasteiger partial charge in [0, 0.05) is 6.42 Å². The Hall–Kier alpha value is -1.84. The maximum absolute atomic E-state index is 11.1. The largest absolute Gasteiger partial charge is 0.484 e. The Kier molecular flexibility index (Phi) is 5.05.